The summed E-state index contributed by atoms with van der Waals surface area (Å²) in [7, 11) is 0. The number of hydrogen-bond donors (Lipinski definition) is 1. The van der Waals surface area contributed by atoms with Gasteiger partial charge in [-0.1, -0.05) is 0 Å². The van der Waals surface area contributed by atoms with Gasteiger partial charge in [0.15, 0.2) is 0 Å². The Labute approximate surface area is 54.8 Å². The molecule has 2 nitrogen and oxygen atoms in total. The molecule has 0 atom stereocenters. The first-order valence-corrected chi connectivity index (χ1v) is 1.48. The second-order valence-corrected chi connectivity index (χ2v) is 0.316. The summed E-state index contributed by atoms with van der Waals surface area (Å²) in [5.74, 6) is 0. The average Bonchev–Trinajstić information content (AvgIpc) is 0.918. The van der Waals surface area contributed by atoms with Crippen LogP contribution >= 0.6 is 12.4 Å². The first kappa shape index (κ1) is 16.6. The summed E-state index contributed by atoms with van der Waals surface area (Å²) in [5.41, 5.74) is 0. The summed E-state index contributed by atoms with van der Waals surface area (Å²) >= 11 is -1.50. The van der Waals surface area contributed by atoms with Gasteiger partial charge < -0.3 is 0 Å². The van der Waals surface area contributed by atoms with E-state index in [2.05, 4.69) is 0 Å². The van der Waals surface area contributed by atoms with Crippen LogP contribution in [0, 0.1) is 0 Å². The first-order valence-electron chi connectivity index (χ1n) is 0.494. The van der Waals surface area contributed by atoms with E-state index in [1.165, 1.54) is 0 Å². The van der Waals surface area contributed by atoms with Crippen molar-refractivity contribution in [2.75, 3.05) is 0 Å². The molecule has 0 bridgehead atoms. The maximum absolute atomic E-state index is 8.57. The Morgan fingerprint density at radius 1 is 1.60 bits per heavy atom. The standard InChI is InChI=1S/Al.ClH.Li.H2O.O.H/h;1H;;1H2;;/q+1;;;;;/p-1. The molecule has 26 valence electrons. The molecule has 0 aromatic carbocycles. The van der Waals surface area contributed by atoms with Gasteiger partial charge in [-0.25, -0.2) is 0 Å². The van der Waals surface area contributed by atoms with E-state index in [0.717, 1.165) is 0 Å². The molecule has 0 heterocycles. The van der Waals surface area contributed by atoms with Crippen LogP contribution in [-0.4, -0.2) is 38.5 Å². The third-order valence-corrected chi connectivity index (χ3v) is 0. The molecule has 0 aromatic heterocycles. The van der Waals surface area contributed by atoms with Crippen LogP contribution in [0.15, 0.2) is 0 Å². The summed E-state index contributed by atoms with van der Waals surface area (Å²) in [4.78, 5) is 0. The molecule has 0 rings (SSSR count). The average molecular weight is 104 g/mol. The van der Waals surface area contributed by atoms with E-state index >= 15 is 0 Å². The van der Waals surface area contributed by atoms with Gasteiger partial charge in [-0.15, -0.1) is 12.4 Å². The Kier molecular flexibility index (Phi) is 66.1. The van der Waals surface area contributed by atoms with Gasteiger partial charge in [0.05, 0.1) is 0 Å². The summed E-state index contributed by atoms with van der Waals surface area (Å²) < 4.78 is 15.7. The first-order chi connectivity index (χ1) is 1.41. The molecule has 0 aliphatic heterocycles. The summed E-state index contributed by atoms with van der Waals surface area (Å²) in [5, 5.41) is 0. The molecule has 0 aromatic rings. The van der Waals surface area contributed by atoms with Crippen LogP contribution in [0.25, 0.3) is 0 Å². The fraction of sp³-hybridized carbons (Fsp3) is 0. The number of hydrogen-bond acceptors (Lipinski definition) is 1. The number of rotatable bonds is 0. The molecule has 0 spiro atoms. The van der Waals surface area contributed by atoms with Crippen LogP contribution in [0.1, 0.15) is 0 Å². The van der Waals surface area contributed by atoms with Crippen LogP contribution in [0.5, 0.6) is 0 Å². The van der Waals surface area contributed by atoms with Crippen molar-refractivity contribution in [3.63, 3.8) is 0 Å². The Hall–Kier alpha value is 1.02. The molecule has 0 fully saturated rings. The SMILES string of the molecule is Cl.[LiH].[O]=[Al][OH]. The fourth-order valence-electron chi connectivity index (χ4n) is 0. The monoisotopic (exact) mass is 104 g/mol. The van der Waals surface area contributed by atoms with E-state index in [1.54, 1.807) is 0 Å². The second kappa shape index (κ2) is 19.9. The zero-order valence-electron chi connectivity index (χ0n) is 1.84. The van der Waals surface area contributed by atoms with Crippen molar-refractivity contribution in [1.29, 1.82) is 0 Å². The van der Waals surface area contributed by atoms with Gasteiger partial charge in [-0.2, -0.15) is 0 Å². The minimum absolute atomic E-state index is 0. The van der Waals surface area contributed by atoms with Gasteiger partial charge in [0.25, 0.3) is 0 Å². The molecule has 0 amide bonds. The Balaban J connectivity index is -0.0000000200. The molecular weight excluding hydrogens is 101 g/mol. The van der Waals surface area contributed by atoms with Crippen molar-refractivity contribution in [3.8, 4) is 0 Å². The molecule has 0 unspecified atom stereocenters. The van der Waals surface area contributed by atoms with Gasteiger partial charge >= 0.3 is 42.3 Å². The van der Waals surface area contributed by atoms with Crippen LogP contribution in [-0.2, 0) is 3.80 Å². The van der Waals surface area contributed by atoms with Gasteiger partial charge in [0.2, 0.25) is 0 Å². The van der Waals surface area contributed by atoms with Gasteiger partial charge in [-0.05, 0) is 0 Å². The third-order valence-electron chi connectivity index (χ3n) is 0. The Bertz CT molecular complexity index is 17.1. The Morgan fingerprint density at radius 3 is 1.60 bits per heavy atom. The summed E-state index contributed by atoms with van der Waals surface area (Å²) in [6.45, 7) is 0. The maximum atomic E-state index is 8.57. The predicted octanol–water partition coefficient (Wildman–Crippen LogP) is -1.28. The summed E-state index contributed by atoms with van der Waals surface area (Å²) in [6, 6.07) is 0. The van der Waals surface area contributed by atoms with Crippen molar-refractivity contribution >= 4 is 46.8 Å². The van der Waals surface area contributed by atoms with E-state index in [9.17, 15) is 0 Å². The normalized spacial score (nSPS) is 1.60. The van der Waals surface area contributed by atoms with Crippen LogP contribution < -0.4 is 0 Å². The van der Waals surface area contributed by atoms with Crippen LogP contribution in [0.3, 0.4) is 0 Å². The van der Waals surface area contributed by atoms with E-state index < -0.39 is 15.5 Å². The van der Waals surface area contributed by atoms with E-state index in [-0.39, 0.29) is 31.3 Å². The molecule has 0 saturated heterocycles. The molecule has 0 radical (unpaired) electrons. The van der Waals surface area contributed by atoms with Crippen molar-refractivity contribution in [3.05, 3.63) is 0 Å². The number of halogens is 1. The third kappa shape index (κ3) is 44.0. The van der Waals surface area contributed by atoms with Crippen LogP contribution in [0.2, 0.25) is 0 Å². The minimum atomic E-state index is -1.50. The molecule has 5 heteroatoms. The predicted molar refractivity (Wildman–Crippen MR) is 23.1 cm³/mol. The zero-order valence-corrected chi connectivity index (χ0v) is 3.81. The van der Waals surface area contributed by atoms with Crippen molar-refractivity contribution in [2.24, 2.45) is 0 Å². The summed E-state index contributed by atoms with van der Waals surface area (Å²) in [6.07, 6.45) is 0. The zero-order chi connectivity index (χ0) is 2.71. The van der Waals surface area contributed by atoms with Crippen molar-refractivity contribution < 1.29 is 7.96 Å². The second-order valence-electron chi connectivity index (χ2n) is 0.105. The van der Waals surface area contributed by atoms with Crippen molar-refractivity contribution in [1.82, 2.24) is 0 Å². The van der Waals surface area contributed by atoms with Gasteiger partial charge in [0, 0.05) is 0 Å². The molecule has 0 aliphatic rings. The fourth-order valence-corrected chi connectivity index (χ4v) is 0. The van der Waals surface area contributed by atoms with Crippen molar-refractivity contribution in [2.45, 2.75) is 0 Å². The molecule has 0 aliphatic carbocycles. The molecule has 1 N–H and O–H groups in total. The molecular formula is H3AlClLiO2. The van der Waals surface area contributed by atoms with Crippen LogP contribution in [0.4, 0.5) is 0 Å². The van der Waals surface area contributed by atoms with E-state index in [0.29, 0.717) is 0 Å². The molecule has 5 heavy (non-hydrogen) atoms. The van der Waals surface area contributed by atoms with E-state index in [4.69, 9.17) is 7.96 Å². The van der Waals surface area contributed by atoms with E-state index in [1.807, 2.05) is 0 Å². The van der Waals surface area contributed by atoms with Gasteiger partial charge in [0.1, 0.15) is 0 Å². The molecule has 0 saturated carbocycles. The Morgan fingerprint density at radius 2 is 1.60 bits per heavy atom. The quantitative estimate of drug-likeness (QED) is 0.389. The topological polar surface area (TPSA) is 37.3 Å². The van der Waals surface area contributed by atoms with Gasteiger partial charge in [-0.3, -0.25) is 0 Å².